The normalized spacial score (nSPS) is 11.3. The number of anilines is 1. The van der Waals surface area contributed by atoms with Crippen molar-refractivity contribution >= 4 is 34.8 Å². The highest BCUT2D eigenvalue weighted by Gasteiger charge is 2.15. The molecular formula is C20H23N3O2S. The van der Waals surface area contributed by atoms with E-state index in [9.17, 15) is 9.59 Å². The molecule has 2 amide bonds. The smallest absolute Gasteiger partial charge is 0.257 e. The molecule has 0 aliphatic heterocycles. The summed E-state index contributed by atoms with van der Waals surface area (Å²) in [4.78, 5) is 24.8. The number of hydrogen-bond donors (Lipinski definition) is 3. The molecule has 0 aliphatic carbocycles. The van der Waals surface area contributed by atoms with E-state index in [1.54, 1.807) is 36.4 Å². The quantitative estimate of drug-likeness (QED) is 0.704. The minimum atomic E-state index is -0.290. The van der Waals surface area contributed by atoms with Gasteiger partial charge in [0.25, 0.3) is 11.8 Å². The molecule has 0 saturated carbocycles. The third kappa shape index (κ3) is 5.13. The number of para-hydroxylation sites is 1. The SMILES string of the molecule is CCC(C)NC(=O)c1ccccc1NC(=S)NC(=O)c1ccccc1C. The van der Waals surface area contributed by atoms with E-state index >= 15 is 0 Å². The van der Waals surface area contributed by atoms with Crippen LogP contribution in [0.1, 0.15) is 46.5 Å². The summed E-state index contributed by atoms with van der Waals surface area (Å²) >= 11 is 5.24. The van der Waals surface area contributed by atoms with Gasteiger partial charge >= 0.3 is 0 Å². The minimum absolute atomic E-state index is 0.0725. The Balaban J connectivity index is 2.09. The molecule has 2 aromatic carbocycles. The molecule has 3 N–H and O–H groups in total. The summed E-state index contributed by atoms with van der Waals surface area (Å²) in [6.45, 7) is 5.81. The zero-order valence-electron chi connectivity index (χ0n) is 15.1. The van der Waals surface area contributed by atoms with E-state index in [2.05, 4.69) is 16.0 Å². The minimum Gasteiger partial charge on any atom is -0.350 e. The number of benzene rings is 2. The zero-order chi connectivity index (χ0) is 19.1. The maximum absolute atomic E-state index is 12.4. The summed E-state index contributed by atoms with van der Waals surface area (Å²) in [6, 6.07) is 14.4. The van der Waals surface area contributed by atoms with Gasteiger partial charge in [0.2, 0.25) is 0 Å². The van der Waals surface area contributed by atoms with Gasteiger partial charge < -0.3 is 10.6 Å². The third-order valence-electron chi connectivity index (χ3n) is 4.03. The highest BCUT2D eigenvalue weighted by Crippen LogP contribution is 2.15. The van der Waals surface area contributed by atoms with Gasteiger partial charge in [0.1, 0.15) is 0 Å². The Morgan fingerprint density at radius 1 is 1.00 bits per heavy atom. The Hall–Kier alpha value is -2.73. The van der Waals surface area contributed by atoms with Crippen molar-refractivity contribution < 1.29 is 9.59 Å². The van der Waals surface area contributed by atoms with Gasteiger partial charge in [0.15, 0.2) is 5.11 Å². The van der Waals surface area contributed by atoms with Gasteiger partial charge in [-0.15, -0.1) is 0 Å². The number of carbonyl (C=O) groups excluding carboxylic acids is 2. The summed E-state index contributed by atoms with van der Waals surface area (Å²) in [5.74, 6) is -0.474. The summed E-state index contributed by atoms with van der Waals surface area (Å²) in [7, 11) is 0. The number of rotatable bonds is 5. The molecule has 2 aromatic rings. The van der Waals surface area contributed by atoms with E-state index < -0.39 is 0 Å². The molecule has 0 bridgehead atoms. The molecule has 0 fully saturated rings. The average molecular weight is 369 g/mol. The van der Waals surface area contributed by atoms with Crippen molar-refractivity contribution in [3.05, 3.63) is 65.2 Å². The first-order valence-corrected chi connectivity index (χ1v) is 8.91. The Kier molecular flexibility index (Phi) is 6.86. The van der Waals surface area contributed by atoms with Crippen molar-refractivity contribution in [1.82, 2.24) is 10.6 Å². The predicted molar refractivity (Wildman–Crippen MR) is 109 cm³/mol. The molecule has 26 heavy (non-hydrogen) atoms. The number of thiocarbonyl (C=S) groups is 1. The fraction of sp³-hybridized carbons (Fsp3) is 0.250. The van der Waals surface area contributed by atoms with E-state index in [0.717, 1.165) is 12.0 Å². The number of amides is 2. The van der Waals surface area contributed by atoms with Crippen molar-refractivity contribution in [2.24, 2.45) is 0 Å². The van der Waals surface area contributed by atoms with Crippen molar-refractivity contribution in [3.63, 3.8) is 0 Å². The lowest BCUT2D eigenvalue weighted by Gasteiger charge is -2.16. The van der Waals surface area contributed by atoms with Crippen LogP contribution in [0.25, 0.3) is 0 Å². The van der Waals surface area contributed by atoms with Gasteiger partial charge in [0.05, 0.1) is 11.3 Å². The first-order chi connectivity index (χ1) is 12.4. The van der Waals surface area contributed by atoms with E-state index in [1.165, 1.54) is 0 Å². The molecule has 1 atom stereocenters. The number of nitrogens with one attached hydrogen (secondary N) is 3. The van der Waals surface area contributed by atoms with Gasteiger partial charge in [-0.05, 0) is 56.2 Å². The van der Waals surface area contributed by atoms with Crippen LogP contribution in [0.2, 0.25) is 0 Å². The van der Waals surface area contributed by atoms with Crippen molar-refractivity contribution in [2.75, 3.05) is 5.32 Å². The summed E-state index contributed by atoms with van der Waals surface area (Å²) < 4.78 is 0. The van der Waals surface area contributed by atoms with Crippen LogP contribution in [0.3, 0.4) is 0 Å². The second kappa shape index (κ2) is 9.10. The highest BCUT2D eigenvalue weighted by atomic mass is 32.1. The molecule has 0 heterocycles. The Morgan fingerprint density at radius 3 is 2.27 bits per heavy atom. The van der Waals surface area contributed by atoms with Crippen LogP contribution in [0.5, 0.6) is 0 Å². The predicted octanol–water partition coefficient (Wildman–Crippen LogP) is 3.65. The fourth-order valence-corrected chi connectivity index (χ4v) is 2.55. The van der Waals surface area contributed by atoms with Crippen LogP contribution in [0, 0.1) is 6.92 Å². The van der Waals surface area contributed by atoms with Crippen molar-refractivity contribution in [1.29, 1.82) is 0 Å². The molecule has 5 nitrogen and oxygen atoms in total. The molecule has 0 radical (unpaired) electrons. The van der Waals surface area contributed by atoms with Gasteiger partial charge in [-0.25, -0.2) is 0 Å². The second-order valence-corrected chi connectivity index (χ2v) is 6.46. The number of hydrogen-bond acceptors (Lipinski definition) is 3. The first kappa shape index (κ1) is 19.6. The third-order valence-corrected chi connectivity index (χ3v) is 4.23. The van der Waals surface area contributed by atoms with Crippen LogP contribution < -0.4 is 16.0 Å². The van der Waals surface area contributed by atoms with Crippen LogP contribution in [-0.2, 0) is 0 Å². The molecule has 0 spiro atoms. The summed E-state index contributed by atoms with van der Waals surface area (Å²) in [5, 5.41) is 8.66. The average Bonchev–Trinajstić information content (AvgIpc) is 2.62. The van der Waals surface area contributed by atoms with Crippen molar-refractivity contribution in [2.45, 2.75) is 33.2 Å². The largest absolute Gasteiger partial charge is 0.350 e. The zero-order valence-corrected chi connectivity index (χ0v) is 15.9. The van der Waals surface area contributed by atoms with Crippen LogP contribution in [0.15, 0.2) is 48.5 Å². The molecule has 0 saturated heterocycles. The lowest BCUT2D eigenvalue weighted by atomic mass is 10.1. The topological polar surface area (TPSA) is 70.2 Å². The van der Waals surface area contributed by atoms with Gasteiger partial charge in [-0.3, -0.25) is 14.9 Å². The monoisotopic (exact) mass is 369 g/mol. The molecule has 6 heteroatoms. The Labute approximate surface area is 159 Å². The van der Waals surface area contributed by atoms with E-state index in [-0.39, 0.29) is 23.0 Å². The van der Waals surface area contributed by atoms with Crippen LogP contribution in [0.4, 0.5) is 5.69 Å². The van der Waals surface area contributed by atoms with Gasteiger partial charge in [0, 0.05) is 11.6 Å². The molecule has 1 unspecified atom stereocenters. The molecule has 0 aliphatic rings. The number of aryl methyl sites for hydroxylation is 1. The van der Waals surface area contributed by atoms with E-state index in [4.69, 9.17) is 12.2 Å². The fourth-order valence-electron chi connectivity index (χ4n) is 2.35. The Bertz CT molecular complexity index is 820. The maximum atomic E-state index is 12.4. The van der Waals surface area contributed by atoms with Crippen LogP contribution in [-0.4, -0.2) is 23.0 Å². The molecule has 2 rings (SSSR count). The summed E-state index contributed by atoms with van der Waals surface area (Å²) in [6.07, 6.45) is 0.840. The molecular weight excluding hydrogens is 346 g/mol. The molecule has 0 aromatic heterocycles. The van der Waals surface area contributed by atoms with E-state index in [1.807, 2.05) is 32.9 Å². The lowest BCUT2D eigenvalue weighted by molar-refractivity contribution is 0.0938. The van der Waals surface area contributed by atoms with Crippen LogP contribution >= 0.6 is 12.2 Å². The standard InChI is InChI=1S/C20H23N3O2S/c1-4-14(3)21-19(25)16-11-7-8-12-17(16)22-20(26)23-18(24)15-10-6-5-9-13(15)2/h5-12,14H,4H2,1-3H3,(H,21,25)(H2,22,23,24,26). The highest BCUT2D eigenvalue weighted by molar-refractivity contribution is 7.80. The molecule has 136 valence electrons. The van der Waals surface area contributed by atoms with E-state index in [0.29, 0.717) is 16.8 Å². The van der Waals surface area contributed by atoms with Gasteiger partial charge in [-0.1, -0.05) is 37.3 Å². The van der Waals surface area contributed by atoms with Gasteiger partial charge in [-0.2, -0.15) is 0 Å². The number of carbonyl (C=O) groups is 2. The Morgan fingerprint density at radius 2 is 1.62 bits per heavy atom. The van der Waals surface area contributed by atoms with Crippen molar-refractivity contribution in [3.8, 4) is 0 Å². The lowest BCUT2D eigenvalue weighted by Crippen LogP contribution is -2.36. The second-order valence-electron chi connectivity index (χ2n) is 6.05. The summed E-state index contributed by atoms with van der Waals surface area (Å²) in [5.41, 5.74) is 2.43. The first-order valence-electron chi connectivity index (χ1n) is 8.50. The maximum Gasteiger partial charge on any atom is 0.257 e.